The highest BCUT2D eigenvalue weighted by Gasteiger charge is 2.31. The topological polar surface area (TPSA) is 149 Å². The van der Waals surface area contributed by atoms with Gasteiger partial charge < -0.3 is 15.4 Å². The average Bonchev–Trinajstić information content (AvgIpc) is 2.16. The Morgan fingerprint density at radius 2 is 1.06 bits per heavy atom. The molecule has 0 saturated carbocycles. The van der Waals surface area contributed by atoms with Gasteiger partial charge in [-0.25, -0.2) is 9.59 Å². The van der Waals surface area contributed by atoms with Gasteiger partial charge in [0.15, 0.2) is 16.4 Å². The summed E-state index contributed by atoms with van der Waals surface area (Å²) in [4.78, 5) is 29.3. The quantitative estimate of drug-likeness (QED) is 0.388. The van der Waals surface area contributed by atoms with Gasteiger partial charge in [0.1, 0.15) is 0 Å². The number of aliphatic carboxylic acids is 2. The fourth-order valence-corrected chi connectivity index (χ4v) is 0.336. The van der Waals surface area contributed by atoms with E-state index in [-0.39, 0.29) is 0 Å². The first-order valence-corrected chi connectivity index (χ1v) is 4.39. The lowest BCUT2D eigenvalue weighted by atomic mass is 10.1. The van der Waals surface area contributed by atoms with Gasteiger partial charge in [0.05, 0.1) is 0 Å². The van der Waals surface area contributed by atoms with E-state index in [2.05, 4.69) is 10.2 Å². The van der Waals surface area contributed by atoms with Crippen molar-refractivity contribution in [1.82, 2.24) is 0 Å². The van der Waals surface area contributed by atoms with Gasteiger partial charge >= 0.3 is 11.9 Å². The Morgan fingerprint density at radius 1 is 0.882 bits per heavy atom. The predicted octanol–water partition coefficient (Wildman–Crippen LogP) is 1.31. The molecular weight excluding hydrogens is 234 g/mol. The third-order valence-corrected chi connectivity index (χ3v) is 1.60. The van der Waals surface area contributed by atoms with Gasteiger partial charge in [-0.1, -0.05) is 0 Å². The van der Waals surface area contributed by atoms with E-state index in [9.17, 15) is 9.59 Å². The van der Waals surface area contributed by atoms with Crippen LogP contribution in [-0.2, 0) is 9.59 Å². The van der Waals surface area contributed by atoms with E-state index in [4.69, 9.17) is 20.3 Å². The van der Waals surface area contributed by atoms with Crippen LogP contribution in [0, 0.1) is 4.91 Å². The normalized spacial score (nSPS) is 11.5. The molecule has 0 aromatic carbocycles. The van der Waals surface area contributed by atoms with Crippen molar-refractivity contribution in [1.29, 1.82) is 0 Å². The van der Waals surface area contributed by atoms with Crippen LogP contribution in [0.3, 0.4) is 0 Å². The van der Waals surface area contributed by atoms with Gasteiger partial charge in [-0.3, -0.25) is 0 Å². The van der Waals surface area contributed by atoms with Crippen molar-refractivity contribution >= 4 is 11.9 Å². The van der Waals surface area contributed by atoms with Crippen LogP contribution in [0.15, 0.2) is 15.6 Å². The molecule has 98 valence electrons. The van der Waals surface area contributed by atoms with E-state index < -0.39 is 23.0 Å². The van der Waals surface area contributed by atoms with Crippen LogP contribution in [-0.4, -0.2) is 38.4 Å². The summed E-state index contributed by atoms with van der Waals surface area (Å²) in [5, 5.41) is 32.2. The summed E-state index contributed by atoms with van der Waals surface area (Å²) in [6.07, 6.45) is 0. The third kappa shape index (κ3) is 6.93. The number of rotatable bonds is 4. The van der Waals surface area contributed by atoms with Crippen LogP contribution in [0.4, 0.5) is 0 Å². The second-order valence-electron chi connectivity index (χ2n) is 4.01. The minimum Gasteiger partial charge on any atom is -0.479 e. The number of carboxylic acids is 2. The molecule has 0 radical (unpaired) electrons. The fourth-order valence-electron chi connectivity index (χ4n) is 0.336. The van der Waals surface area contributed by atoms with Crippen molar-refractivity contribution in [2.45, 2.75) is 38.8 Å². The molecule has 9 nitrogen and oxygen atoms in total. The second kappa shape index (κ2) is 6.51. The number of nitrogens with zero attached hydrogens (tertiary/aromatic N) is 3. The summed E-state index contributed by atoms with van der Waals surface area (Å²) in [5.74, 6) is -2.30. The summed E-state index contributed by atoms with van der Waals surface area (Å²) in [5.41, 5.74) is -2.79. The van der Waals surface area contributed by atoms with Gasteiger partial charge in [-0.05, 0) is 27.7 Å². The molecule has 0 heterocycles. The highest BCUT2D eigenvalue weighted by molar-refractivity contribution is 5.79. The smallest absolute Gasteiger partial charge is 0.332 e. The zero-order valence-electron chi connectivity index (χ0n) is 9.91. The molecule has 0 unspecified atom stereocenters. The maximum atomic E-state index is 10.6. The van der Waals surface area contributed by atoms with Gasteiger partial charge in [0, 0.05) is 0 Å². The molecule has 0 bridgehead atoms. The largest absolute Gasteiger partial charge is 0.479 e. The Hall–Kier alpha value is -2.06. The average molecular weight is 249 g/mol. The lowest BCUT2D eigenvalue weighted by Crippen LogP contribution is -2.32. The molecule has 0 fully saturated rings. The Balaban J connectivity index is 0. The molecule has 17 heavy (non-hydrogen) atoms. The number of carbonyl (C=O) groups is 2. The third-order valence-electron chi connectivity index (χ3n) is 1.60. The van der Waals surface area contributed by atoms with Crippen molar-refractivity contribution in [2.75, 3.05) is 0 Å². The zero-order chi connectivity index (χ0) is 14.3. The molecule has 0 aromatic heterocycles. The summed E-state index contributed by atoms with van der Waals surface area (Å²) in [6.45, 7) is 5.38. The van der Waals surface area contributed by atoms with Crippen LogP contribution in [0.5, 0.6) is 0 Å². The van der Waals surface area contributed by atoms with E-state index in [0.717, 1.165) is 0 Å². The minimum atomic E-state index is -1.40. The van der Waals surface area contributed by atoms with Crippen LogP contribution in [0.2, 0.25) is 0 Å². The Morgan fingerprint density at radius 3 is 1.18 bits per heavy atom. The van der Waals surface area contributed by atoms with E-state index in [1.165, 1.54) is 33.0 Å². The molecule has 0 amide bonds. The van der Waals surface area contributed by atoms with Crippen LogP contribution in [0.25, 0.3) is 0 Å². The molecular formula is C8H15N3O6. The molecule has 0 aromatic rings. The molecule has 0 aliphatic carbocycles. The summed E-state index contributed by atoms with van der Waals surface area (Å²) >= 11 is 0. The predicted molar refractivity (Wildman–Crippen MR) is 55.9 cm³/mol. The Bertz CT molecular complexity index is 295. The molecule has 0 aliphatic heterocycles. The maximum Gasteiger partial charge on any atom is 0.332 e. The van der Waals surface area contributed by atoms with Gasteiger partial charge in [-0.2, -0.15) is 10.2 Å². The Labute approximate surface area is 97.1 Å². The first kappa shape index (κ1) is 17.3. The number of hydrogen-bond acceptors (Lipinski definition) is 6. The number of carboxylic acid groups (broad SMARTS) is 2. The minimum absolute atomic E-state index is 1.15. The standard InChI is InChI=1S/C8H14N2O4.HNO2/c1-7(2,5(11)12)9-10-8(3,4)6(13)14;2-1-3/h1-4H3,(H,11,12)(H,13,14);(H,2,3). The highest BCUT2D eigenvalue weighted by Crippen LogP contribution is 2.15. The van der Waals surface area contributed by atoms with Gasteiger partial charge in [-0.15, -0.1) is 4.91 Å². The van der Waals surface area contributed by atoms with Crippen molar-refractivity contribution in [3.05, 3.63) is 4.91 Å². The molecule has 9 heteroatoms. The van der Waals surface area contributed by atoms with Crippen molar-refractivity contribution in [3.8, 4) is 0 Å². The first-order valence-electron chi connectivity index (χ1n) is 4.39. The SMILES string of the molecule is CC(C)(N=NC(C)(C)C(=O)O)C(=O)O.O=NO. The second-order valence-corrected chi connectivity index (χ2v) is 4.01. The van der Waals surface area contributed by atoms with Crippen LogP contribution >= 0.6 is 0 Å². The molecule has 0 spiro atoms. The van der Waals surface area contributed by atoms with Gasteiger partial charge in [0.2, 0.25) is 0 Å². The molecule has 0 rings (SSSR count). The molecule has 0 atom stereocenters. The van der Waals surface area contributed by atoms with Crippen molar-refractivity contribution in [2.24, 2.45) is 15.6 Å². The molecule has 0 saturated heterocycles. The fraction of sp³-hybridized carbons (Fsp3) is 0.750. The zero-order valence-corrected chi connectivity index (χ0v) is 9.91. The number of azo groups is 1. The highest BCUT2D eigenvalue weighted by atomic mass is 16.6. The summed E-state index contributed by atoms with van der Waals surface area (Å²) in [6, 6.07) is 0. The summed E-state index contributed by atoms with van der Waals surface area (Å²) in [7, 11) is 0. The lowest BCUT2D eigenvalue weighted by Gasteiger charge is -2.16. The van der Waals surface area contributed by atoms with Crippen LogP contribution in [0.1, 0.15) is 27.7 Å². The monoisotopic (exact) mass is 249 g/mol. The number of hydrogen-bond donors (Lipinski definition) is 3. The summed E-state index contributed by atoms with van der Waals surface area (Å²) < 4.78 is 0. The van der Waals surface area contributed by atoms with Crippen molar-refractivity contribution in [3.63, 3.8) is 0 Å². The van der Waals surface area contributed by atoms with Gasteiger partial charge in [0.25, 0.3) is 0 Å². The molecule has 3 N–H and O–H groups in total. The van der Waals surface area contributed by atoms with E-state index in [0.29, 0.717) is 0 Å². The van der Waals surface area contributed by atoms with Crippen molar-refractivity contribution < 1.29 is 25.0 Å². The van der Waals surface area contributed by atoms with E-state index >= 15 is 0 Å². The maximum absolute atomic E-state index is 10.6. The first-order chi connectivity index (χ1) is 7.51. The molecule has 0 aliphatic rings. The van der Waals surface area contributed by atoms with Crippen LogP contribution < -0.4 is 0 Å². The Kier molecular flexibility index (Phi) is 6.64. The lowest BCUT2D eigenvalue weighted by molar-refractivity contribution is -0.144. The van der Waals surface area contributed by atoms with E-state index in [1.807, 2.05) is 0 Å². The van der Waals surface area contributed by atoms with E-state index in [1.54, 1.807) is 0 Å².